The third kappa shape index (κ3) is 3.25. The Balaban J connectivity index is 1.69. The summed E-state index contributed by atoms with van der Waals surface area (Å²) >= 11 is 5.97. The van der Waals surface area contributed by atoms with Gasteiger partial charge < -0.3 is 5.32 Å². The number of fused-ring (bicyclic) bond motifs is 1. The summed E-state index contributed by atoms with van der Waals surface area (Å²) in [6.07, 6.45) is 0. The van der Waals surface area contributed by atoms with Gasteiger partial charge in [0.1, 0.15) is 5.82 Å². The molecular weight excluding hydrogens is 377 g/mol. The molecule has 4 rings (SSSR count). The zero-order valence-electron chi connectivity index (χ0n) is 15.3. The summed E-state index contributed by atoms with van der Waals surface area (Å²) in [4.78, 5) is 12.5. The molecule has 0 aliphatic carbocycles. The van der Waals surface area contributed by atoms with E-state index in [1.54, 1.807) is 0 Å². The van der Waals surface area contributed by atoms with Crippen LogP contribution in [0.15, 0.2) is 54.6 Å². The number of hydrogen-bond acceptors (Lipinski definition) is 2. The molecule has 1 aromatic heterocycles. The van der Waals surface area contributed by atoms with Crippen molar-refractivity contribution in [3.05, 3.63) is 82.1 Å². The van der Waals surface area contributed by atoms with Crippen LogP contribution >= 0.6 is 11.6 Å². The number of aromatic amines is 1. The molecule has 6 heteroatoms. The maximum Gasteiger partial charge on any atom is 0.261 e. The first-order chi connectivity index (χ1) is 13.4. The van der Waals surface area contributed by atoms with Gasteiger partial charge in [-0.2, -0.15) is 5.10 Å². The van der Waals surface area contributed by atoms with Crippen molar-refractivity contribution in [2.24, 2.45) is 0 Å². The van der Waals surface area contributed by atoms with E-state index < -0.39 is 11.7 Å². The van der Waals surface area contributed by atoms with Crippen LogP contribution in [0.4, 0.5) is 10.2 Å². The van der Waals surface area contributed by atoms with Crippen molar-refractivity contribution in [2.75, 3.05) is 5.32 Å². The Morgan fingerprint density at radius 1 is 1.11 bits per heavy atom. The standard InChI is InChI=1S/C22H17ClFN3O/c1-12-6-7-13(2)16(10-12)14-8-9-15-19(11-14)26-27-21(15)25-22(28)20-17(23)4-3-5-18(20)24/h3-11H,1-2H3,(H2,25,26,27,28). The predicted molar refractivity (Wildman–Crippen MR) is 110 cm³/mol. The Morgan fingerprint density at radius 2 is 1.93 bits per heavy atom. The lowest BCUT2D eigenvalue weighted by Crippen LogP contribution is -2.14. The average Bonchev–Trinajstić information content (AvgIpc) is 3.05. The highest BCUT2D eigenvalue weighted by atomic mass is 35.5. The van der Waals surface area contributed by atoms with Crippen molar-refractivity contribution >= 4 is 34.2 Å². The van der Waals surface area contributed by atoms with Gasteiger partial charge in [0.2, 0.25) is 0 Å². The van der Waals surface area contributed by atoms with E-state index in [-0.39, 0.29) is 10.6 Å². The number of H-pyrrole nitrogens is 1. The van der Waals surface area contributed by atoms with Gasteiger partial charge >= 0.3 is 0 Å². The van der Waals surface area contributed by atoms with E-state index >= 15 is 0 Å². The Morgan fingerprint density at radius 3 is 2.71 bits per heavy atom. The number of aryl methyl sites for hydroxylation is 2. The Bertz CT molecular complexity index is 1200. The topological polar surface area (TPSA) is 57.8 Å². The third-order valence-corrected chi connectivity index (χ3v) is 5.00. The summed E-state index contributed by atoms with van der Waals surface area (Å²) < 4.78 is 14.0. The van der Waals surface area contributed by atoms with E-state index in [1.807, 2.05) is 18.2 Å². The van der Waals surface area contributed by atoms with Crippen molar-refractivity contribution < 1.29 is 9.18 Å². The number of aromatic nitrogens is 2. The third-order valence-electron chi connectivity index (χ3n) is 4.69. The minimum Gasteiger partial charge on any atom is -0.304 e. The van der Waals surface area contributed by atoms with Crippen molar-refractivity contribution in [2.45, 2.75) is 13.8 Å². The van der Waals surface area contributed by atoms with Crippen molar-refractivity contribution in [1.29, 1.82) is 0 Å². The lowest BCUT2D eigenvalue weighted by atomic mass is 9.98. The van der Waals surface area contributed by atoms with Crippen LogP contribution in [0.1, 0.15) is 21.5 Å². The second-order valence-corrected chi connectivity index (χ2v) is 7.11. The van der Waals surface area contributed by atoms with Gasteiger partial charge in [0.25, 0.3) is 5.91 Å². The molecule has 0 bridgehead atoms. The van der Waals surface area contributed by atoms with Crippen LogP contribution in [0.5, 0.6) is 0 Å². The van der Waals surface area contributed by atoms with Crippen LogP contribution in [-0.2, 0) is 0 Å². The number of rotatable bonds is 3. The van der Waals surface area contributed by atoms with Gasteiger partial charge in [0.15, 0.2) is 5.82 Å². The molecule has 4 nitrogen and oxygen atoms in total. The molecule has 28 heavy (non-hydrogen) atoms. The van der Waals surface area contributed by atoms with Crippen LogP contribution in [0, 0.1) is 19.7 Å². The van der Waals surface area contributed by atoms with E-state index in [0.717, 1.165) is 22.0 Å². The van der Waals surface area contributed by atoms with Crippen molar-refractivity contribution in [3.63, 3.8) is 0 Å². The fourth-order valence-corrected chi connectivity index (χ4v) is 3.46. The second-order valence-electron chi connectivity index (χ2n) is 6.70. The molecule has 0 radical (unpaired) electrons. The summed E-state index contributed by atoms with van der Waals surface area (Å²) in [5.41, 5.74) is 5.11. The number of nitrogens with one attached hydrogen (secondary N) is 2. The van der Waals surface area contributed by atoms with Crippen LogP contribution in [0.2, 0.25) is 5.02 Å². The van der Waals surface area contributed by atoms with Gasteiger partial charge in [-0.1, -0.05) is 47.5 Å². The number of carbonyl (C=O) groups is 1. The van der Waals surface area contributed by atoms with Crippen molar-refractivity contribution in [3.8, 4) is 11.1 Å². The molecular formula is C22H17ClFN3O. The van der Waals surface area contributed by atoms with E-state index in [9.17, 15) is 9.18 Å². The van der Waals surface area contributed by atoms with E-state index in [0.29, 0.717) is 5.82 Å². The lowest BCUT2D eigenvalue weighted by Gasteiger charge is -2.08. The predicted octanol–water partition coefficient (Wildman–Crippen LogP) is 5.89. The molecule has 0 unspecified atom stereocenters. The minimum atomic E-state index is -0.679. The number of benzene rings is 3. The quantitative estimate of drug-likeness (QED) is 0.455. The average molecular weight is 394 g/mol. The normalized spacial score (nSPS) is 11.0. The fourth-order valence-electron chi connectivity index (χ4n) is 3.21. The number of hydrogen-bond donors (Lipinski definition) is 2. The zero-order chi connectivity index (χ0) is 19.8. The largest absolute Gasteiger partial charge is 0.304 e. The second kappa shape index (κ2) is 7.09. The first-order valence-electron chi connectivity index (χ1n) is 8.75. The number of nitrogens with zero attached hydrogens (tertiary/aromatic N) is 1. The number of carbonyl (C=O) groups excluding carboxylic acids is 1. The maximum absolute atomic E-state index is 14.0. The van der Waals surface area contributed by atoms with E-state index in [2.05, 4.69) is 47.6 Å². The van der Waals surface area contributed by atoms with Gasteiger partial charge in [-0.3, -0.25) is 9.89 Å². The maximum atomic E-state index is 14.0. The molecule has 1 heterocycles. The summed E-state index contributed by atoms with van der Waals surface area (Å²) in [6, 6.07) is 16.3. The SMILES string of the molecule is Cc1ccc(C)c(-c2ccc3c(NC(=O)c4c(F)cccc4Cl)n[nH]c3c2)c1. The molecule has 4 aromatic rings. The molecule has 0 aliphatic heterocycles. The Kier molecular flexibility index (Phi) is 4.61. The molecule has 140 valence electrons. The van der Waals surface area contributed by atoms with E-state index in [4.69, 9.17) is 11.6 Å². The molecule has 3 aromatic carbocycles. The highest BCUT2D eigenvalue weighted by molar-refractivity contribution is 6.34. The first kappa shape index (κ1) is 18.2. The monoisotopic (exact) mass is 393 g/mol. The minimum absolute atomic E-state index is 0.0505. The highest BCUT2D eigenvalue weighted by Gasteiger charge is 2.18. The van der Waals surface area contributed by atoms with Gasteiger partial charge in [-0.25, -0.2) is 4.39 Å². The molecule has 0 fully saturated rings. The van der Waals surface area contributed by atoms with Crippen LogP contribution in [0.25, 0.3) is 22.0 Å². The molecule has 0 saturated heterocycles. The Hall–Kier alpha value is -3.18. The highest BCUT2D eigenvalue weighted by Crippen LogP contribution is 2.30. The first-order valence-corrected chi connectivity index (χ1v) is 9.13. The summed E-state index contributed by atoms with van der Waals surface area (Å²) in [5.74, 6) is -0.996. The summed E-state index contributed by atoms with van der Waals surface area (Å²) in [7, 11) is 0. The van der Waals surface area contributed by atoms with Crippen LogP contribution in [0.3, 0.4) is 0 Å². The zero-order valence-corrected chi connectivity index (χ0v) is 16.1. The summed E-state index contributed by atoms with van der Waals surface area (Å²) in [6.45, 7) is 4.12. The van der Waals surface area contributed by atoms with Crippen molar-refractivity contribution in [1.82, 2.24) is 10.2 Å². The van der Waals surface area contributed by atoms with E-state index in [1.165, 1.54) is 29.3 Å². The smallest absolute Gasteiger partial charge is 0.261 e. The molecule has 0 spiro atoms. The lowest BCUT2D eigenvalue weighted by molar-refractivity contribution is 0.102. The number of halogens is 2. The molecule has 0 saturated carbocycles. The molecule has 0 aliphatic rings. The van der Waals surface area contributed by atoms with Crippen LogP contribution in [-0.4, -0.2) is 16.1 Å². The summed E-state index contributed by atoms with van der Waals surface area (Å²) in [5, 5.41) is 10.5. The Labute approximate surface area is 166 Å². The van der Waals surface area contributed by atoms with Gasteiger partial charge in [-0.05, 0) is 54.8 Å². The fraction of sp³-hybridized carbons (Fsp3) is 0.0909. The number of amides is 1. The van der Waals surface area contributed by atoms with Gasteiger partial charge in [-0.15, -0.1) is 0 Å². The molecule has 2 N–H and O–H groups in total. The van der Waals surface area contributed by atoms with Crippen LogP contribution < -0.4 is 5.32 Å². The molecule has 0 atom stereocenters. The van der Waals surface area contributed by atoms with Gasteiger partial charge in [0, 0.05) is 5.39 Å². The molecule has 1 amide bonds. The number of anilines is 1. The van der Waals surface area contributed by atoms with Gasteiger partial charge in [0.05, 0.1) is 16.1 Å².